The third-order valence-electron chi connectivity index (χ3n) is 5.69. The molecule has 0 aliphatic heterocycles. The highest BCUT2D eigenvalue weighted by molar-refractivity contribution is 5.80. The Balaban J connectivity index is 1.66. The van der Waals surface area contributed by atoms with E-state index >= 15 is 0 Å². The molecule has 0 bridgehead atoms. The van der Waals surface area contributed by atoms with Crippen LogP contribution in [0.2, 0.25) is 0 Å². The highest BCUT2D eigenvalue weighted by Gasteiger charge is 2.16. The van der Waals surface area contributed by atoms with Gasteiger partial charge in [0.25, 0.3) is 0 Å². The Morgan fingerprint density at radius 3 is 2.68 bits per heavy atom. The average Bonchev–Trinajstić information content (AvgIpc) is 3.02. The first-order valence-corrected chi connectivity index (χ1v) is 10.5. The fourth-order valence-electron chi connectivity index (χ4n) is 3.68. The second kappa shape index (κ2) is 9.71. The van der Waals surface area contributed by atoms with E-state index in [1.54, 1.807) is 0 Å². The molecule has 1 atom stereocenters. The van der Waals surface area contributed by atoms with Crippen molar-refractivity contribution in [3.05, 3.63) is 47.0 Å². The number of benzene rings is 1. The van der Waals surface area contributed by atoms with Gasteiger partial charge in [0.1, 0.15) is 12.4 Å². The summed E-state index contributed by atoms with van der Waals surface area (Å²) in [6, 6.07) is 9.25. The normalized spacial score (nSPS) is 16.8. The van der Waals surface area contributed by atoms with Gasteiger partial charge in [0.05, 0.1) is 0 Å². The van der Waals surface area contributed by atoms with Crippen molar-refractivity contribution in [2.24, 2.45) is 12.0 Å². The number of aromatic nitrogens is 3. The van der Waals surface area contributed by atoms with E-state index in [1.165, 1.54) is 43.2 Å². The average molecular weight is 383 g/mol. The molecule has 1 aromatic heterocycles. The van der Waals surface area contributed by atoms with Crippen molar-refractivity contribution in [1.82, 2.24) is 25.4 Å². The molecule has 6 nitrogen and oxygen atoms in total. The summed E-state index contributed by atoms with van der Waals surface area (Å²) in [6.45, 7) is 7.73. The zero-order chi connectivity index (χ0) is 19.9. The van der Waals surface area contributed by atoms with Crippen LogP contribution in [0.25, 0.3) is 0 Å². The van der Waals surface area contributed by atoms with Crippen LogP contribution in [0.4, 0.5) is 0 Å². The molecule has 1 aliphatic carbocycles. The van der Waals surface area contributed by atoms with E-state index < -0.39 is 0 Å². The van der Waals surface area contributed by atoms with Crippen LogP contribution in [0.3, 0.4) is 0 Å². The number of nitrogens with zero attached hydrogens (tertiary/aromatic N) is 4. The van der Waals surface area contributed by atoms with Crippen LogP contribution < -0.4 is 10.6 Å². The molecule has 0 radical (unpaired) electrons. The minimum atomic E-state index is 0.412. The molecular weight excluding hydrogens is 348 g/mol. The Kier molecular flexibility index (Phi) is 7.06. The Morgan fingerprint density at radius 2 is 2.00 bits per heavy atom. The van der Waals surface area contributed by atoms with Crippen LogP contribution in [0, 0.1) is 13.8 Å². The van der Waals surface area contributed by atoms with Gasteiger partial charge in [-0.2, -0.15) is 0 Å². The number of guanidine groups is 1. The maximum atomic E-state index is 4.82. The Labute approximate surface area is 168 Å². The number of aliphatic imine (C=N–C) groups is 1. The van der Waals surface area contributed by atoms with Crippen LogP contribution >= 0.6 is 0 Å². The second-order valence-electron chi connectivity index (χ2n) is 8.06. The third kappa shape index (κ3) is 5.57. The summed E-state index contributed by atoms with van der Waals surface area (Å²) < 4.78 is 2.00. The minimum Gasteiger partial charge on any atom is -0.356 e. The molecule has 2 N–H and O–H groups in total. The van der Waals surface area contributed by atoms with Gasteiger partial charge in [-0.3, -0.25) is 0 Å². The predicted octanol–water partition coefficient (Wildman–Crippen LogP) is 3.60. The summed E-state index contributed by atoms with van der Waals surface area (Å²) in [4.78, 5) is 4.82. The van der Waals surface area contributed by atoms with E-state index in [1.807, 2.05) is 18.5 Å². The van der Waals surface area contributed by atoms with Crippen molar-refractivity contribution in [3.63, 3.8) is 0 Å². The first kappa shape index (κ1) is 20.4. The molecule has 1 saturated carbocycles. The van der Waals surface area contributed by atoms with Gasteiger partial charge in [0.2, 0.25) is 0 Å². The van der Waals surface area contributed by atoms with Gasteiger partial charge in [-0.15, -0.1) is 10.2 Å². The molecule has 1 aliphatic rings. The first-order valence-electron chi connectivity index (χ1n) is 10.5. The molecule has 1 fully saturated rings. The summed E-state index contributed by atoms with van der Waals surface area (Å²) in [5.41, 5.74) is 2.66. The largest absolute Gasteiger partial charge is 0.356 e. The smallest absolute Gasteiger partial charge is 0.191 e. The molecule has 0 saturated heterocycles. The number of aryl methyl sites for hydroxylation is 2. The Hall–Kier alpha value is -2.37. The van der Waals surface area contributed by atoms with Crippen LogP contribution in [-0.2, 0) is 13.6 Å². The number of rotatable bonds is 6. The molecule has 2 aromatic rings. The molecule has 0 spiro atoms. The summed E-state index contributed by atoms with van der Waals surface area (Å²) >= 11 is 0. The summed E-state index contributed by atoms with van der Waals surface area (Å²) in [5, 5.41) is 15.6. The lowest BCUT2D eigenvalue weighted by Gasteiger charge is -2.26. The number of hydrogen-bond donors (Lipinski definition) is 2. The summed E-state index contributed by atoms with van der Waals surface area (Å²) in [6.07, 6.45) is 6.38. The number of hydrogen-bond acceptors (Lipinski definition) is 3. The standard InChI is InChI=1S/C22H34N6/c1-16-9-8-10-19(13-16)17(2)14-23-22(25-20-11-6-5-7-12-20)24-15-21-27-26-18(3)28(21)4/h8-10,13,17,20H,5-7,11-12,14-15H2,1-4H3,(H2,23,24,25). The van der Waals surface area contributed by atoms with Gasteiger partial charge < -0.3 is 15.2 Å². The maximum Gasteiger partial charge on any atom is 0.191 e. The van der Waals surface area contributed by atoms with Crippen molar-refractivity contribution in [2.45, 2.75) is 71.4 Å². The SMILES string of the molecule is Cc1cccc(C(C)CNC(=NCc2nnc(C)n2C)NC2CCCCC2)c1. The van der Waals surface area contributed by atoms with Gasteiger partial charge in [0, 0.05) is 19.6 Å². The fourth-order valence-corrected chi connectivity index (χ4v) is 3.68. The van der Waals surface area contributed by atoms with E-state index in [2.05, 4.69) is 58.9 Å². The first-order chi connectivity index (χ1) is 13.5. The van der Waals surface area contributed by atoms with E-state index in [4.69, 9.17) is 4.99 Å². The summed E-state index contributed by atoms with van der Waals surface area (Å²) in [7, 11) is 1.99. The lowest BCUT2D eigenvalue weighted by molar-refractivity contribution is 0.409. The topological polar surface area (TPSA) is 67.1 Å². The third-order valence-corrected chi connectivity index (χ3v) is 5.69. The minimum absolute atomic E-state index is 0.412. The molecule has 6 heteroatoms. The van der Waals surface area contributed by atoms with Crippen molar-refractivity contribution >= 4 is 5.96 Å². The molecule has 1 aromatic carbocycles. The van der Waals surface area contributed by atoms with Gasteiger partial charge in [-0.25, -0.2) is 4.99 Å². The van der Waals surface area contributed by atoms with E-state index in [0.29, 0.717) is 18.5 Å². The van der Waals surface area contributed by atoms with Crippen molar-refractivity contribution in [3.8, 4) is 0 Å². The Morgan fingerprint density at radius 1 is 1.21 bits per heavy atom. The molecule has 3 rings (SSSR count). The maximum absolute atomic E-state index is 4.82. The van der Waals surface area contributed by atoms with Crippen molar-refractivity contribution in [1.29, 1.82) is 0 Å². The quantitative estimate of drug-likeness (QED) is 0.592. The second-order valence-corrected chi connectivity index (χ2v) is 8.06. The zero-order valence-electron chi connectivity index (χ0n) is 17.7. The van der Waals surface area contributed by atoms with Crippen LogP contribution in [0.1, 0.15) is 67.7 Å². The molecule has 28 heavy (non-hydrogen) atoms. The molecule has 0 amide bonds. The molecule has 1 heterocycles. The van der Waals surface area contributed by atoms with Crippen molar-refractivity contribution < 1.29 is 0 Å². The predicted molar refractivity (Wildman–Crippen MR) is 114 cm³/mol. The highest BCUT2D eigenvalue weighted by Crippen LogP contribution is 2.18. The van der Waals surface area contributed by atoms with E-state index in [0.717, 1.165) is 24.2 Å². The fraction of sp³-hybridized carbons (Fsp3) is 0.591. The van der Waals surface area contributed by atoms with Crippen LogP contribution in [0.5, 0.6) is 0 Å². The highest BCUT2D eigenvalue weighted by atomic mass is 15.3. The van der Waals surface area contributed by atoms with E-state index in [9.17, 15) is 0 Å². The van der Waals surface area contributed by atoms with Gasteiger partial charge in [-0.05, 0) is 38.2 Å². The lowest BCUT2D eigenvalue weighted by atomic mass is 9.96. The number of nitrogens with one attached hydrogen (secondary N) is 2. The molecular formula is C22H34N6. The Bertz CT molecular complexity index is 788. The lowest BCUT2D eigenvalue weighted by Crippen LogP contribution is -2.45. The van der Waals surface area contributed by atoms with Crippen LogP contribution in [0.15, 0.2) is 29.3 Å². The molecule has 1 unspecified atom stereocenters. The van der Waals surface area contributed by atoms with E-state index in [-0.39, 0.29) is 0 Å². The van der Waals surface area contributed by atoms with Crippen LogP contribution in [-0.4, -0.2) is 33.3 Å². The van der Waals surface area contributed by atoms with Gasteiger partial charge >= 0.3 is 0 Å². The van der Waals surface area contributed by atoms with Gasteiger partial charge in [-0.1, -0.05) is 56.0 Å². The zero-order valence-corrected chi connectivity index (χ0v) is 17.7. The van der Waals surface area contributed by atoms with Gasteiger partial charge in [0.15, 0.2) is 11.8 Å². The monoisotopic (exact) mass is 382 g/mol. The summed E-state index contributed by atoms with van der Waals surface area (Å²) in [5.74, 6) is 3.09. The molecule has 152 valence electrons. The van der Waals surface area contributed by atoms with Crippen molar-refractivity contribution in [2.75, 3.05) is 6.54 Å².